The molecule has 0 amide bonds. The third-order valence-electron chi connectivity index (χ3n) is 3.35. The van der Waals surface area contributed by atoms with Gasteiger partial charge < -0.3 is 9.53 Å². The first-order chi connectivity index (χ1) is 10.2. The van der Waals surface area contributed by atoms with Gasteiger partial charge in [-0.05, 0) is 30.7 Å². The maximum Gasteiger partial charge on any atom is 0.195 e. The molecule has 0 saturated carbocycles. The van der Waals surface area contributed by atoms with Crippen LogP contribution in [0.4, 0.5) is 0 Å². The van der Waals surface area contributed by atoms with Crippen molar-refractivity contribution in [3.63, 3.8) is 0 Å². The number of methoxy groups -OCH3 is 1. The first-order valence-electron chi connectivity index (χ1n) is 6.78. The number of rotatable bonds is 5. The number of aldehydes is 1. The molecule has 108 valence electrons. The van der Waals surface area contributed by atoms with Crippen LogP contribution in [0.5, 0.6) is 5.75 Å². The zero-order chi connectivity index (χ0) is 14.8. The fourth-order valence-corrected chi connectivity index (χ4v) is 3.21. The van der Waals surface area contributed by atoms with Crippen LogP contribution in [-0.4, -0.2) is 22.8 Å². The number of carbonyl (C=O) groups excluding carboxylic acids is 1. The number of carbonyl (C=O) groups is 1. The highest BCUT2D eigenvalue weighted by molar-refractivity contribution is 7.23. The summed E-state index contributed by atoms with van der Waals surface area (Å²) in [6.07, 6.45) is 7.69. The number of nitrogens with zero attached hydrogens (tertiary/aromatic N) is 2. The Morgan fingerprint density at radius 1 is 1.48 bits per heavy atom. The molecule has 5 heteroatoms. The van der Waals surface area contributed by atoms with E-state index in [-0.39, 0.29) is 5.92 Å². The molecular formula is C16H16N2O2S. The Morgan fingerprint density at radius 2 is 2.33 bits per heavy atom. The lowest BCUT2D eigenvalue weighted by atomic mass is 10.1. The zero-order valence-corrected chi connectivity index (χ0v) is 12.8. The van der Waals surface area contributed by atoms with E-state index in [0.717, 1.165) is 39.3 Å². The van der Waals surface area contributed by atoms with Crippen molar-refractivity contribution >= 4 is 38.9 Å². The van der Waals surface area contributed by atoms with Gasteiger partial charge in [-0.2, -0.15) is 0 Å². The highest BCUT2D eigenvalue weighted by atomic mass is 32.1. The molecule has 0 saturated heterocycles. The second kappa shape index (κ2) is 5.69. The lowest BCUT2D eigenvalue weighted by Crippen LogP contribution is -1.91. The monoisotopic (exact) mass is 300 g/mol. The first kappa shape index (κ1) is 13.8. The number of ether oxygens (including phenoxy) is 1. The number of thiazole rings is 1. The molecule has 0 spiro atoms. The van der Waals surface area contributed by atoms with Crippen LogP contribution in [0, 0.1) is 5.92 Å². The SMILES string of the molecule is COc1ccc2c(c1)sc1nc(/C=C\CC(C)C=O)cn12. The molecule has 21 heavy (non-hydrogen) atoms. The average molecular weight is 300 g/mol. The van der Waals surface area contributed by atoms with E-state index in [1.54, 1.807) is 18.4 Å². The van der Waals surface area contributed by atoms with Crippen LogP contribution in [0.15, 0.2) is 30.5 Å². The third-order valence-corrected chi connectivity index (χ3v) is 4.37. The van der Waals surface area contributed by atoms with Crippen LogP contribution in [0.2, 0.25) is 0 Å². The standard InChI is InChI=1S/C16H16N2O2S/c1-11(10-19)4-3-5-12-9-18-14-7-6-13(20-2)8-15(14)21-16(18)17-12/h3,5-11H,4H2,1-2H3/b5-3-. The molecule has 0 aliphatic rings. The predicted octanol–water partition coefficient (Wildman–Crippen LogP) is 3.80. The highest BCUT2D eigenvalue weighted by Gasteiger charge is 2.08. The Kier molecular flexibility index (Phi) is 3.75. The van der Waals surface area contributed by atoms with E-state index in [2.05, 4.69) is 9.38 Å². The summed E-state index contributed by atoms with van der Waals surface area (Å²) in [6.45, 7) is 1.91. The molecule has 3 aromatic rings. The summed E-state index contributed by atoms with van der Waals surface area (Å²) in [5.74, 6) is 0.910. The van der Waals surface area contributed by atoms with Gasteiger partial charge in [0.2, 0.25) is 0 Å². The van der Waals surface area contributed by atoms with Crippen molar-refractivity contribution in [1.29, 1.82) is 0 Å². The summed E-state index contributed by atoms with van der Waals surface area (Å²) in [5.41, 5.74) is 2.04. The smallest absolute Gasteiger partial charge is 0.195 e. The minimum Gasteiger partial charge on any atom is -0.497 e. The minimum absolute atomic E-state index is 0.0540. The van der Waals surface area contributed by atoms with E-state index >= 15 is 0 Å². The quantitative estimate of drug-likeness (QED) is 0.673. The van der Waals surface area contributed by atoms with Gasteiger partial charge in [0.05, 0.1) is 23.0 Å². The molecule has 0 fully saturated rings. The molecule has 2 aromatic heterocycles. The Balaban J connectivity index is 1.92. The lowest BCUT2D eigenvalue weighted by Gasteiger charge is -1.98. The van der Waals surface area contributed by atoms with Crippen molar-refractivity contribution in [2.75, 3.05) is 7.11 Å². The van der Waals surface area contributed by atoms with Crippen LogP contribution in [0.1, 0.15) is 19.0 Å². The average Bonchev–Trinajstić information content (AvgIpc) is 3.03. The van der Waals surface area contributed by atoms with E-state index in [9.17, 15) is 4.79 Å². The molecule has 0 bridgehead atoms. The van der Waals surface area contributed by atoms with Crippen molar-refractivity contribution < 1.29 is 9.53 Å². The Hall–Kier alpha value is -2.14. The third kappa shape index (κ3) is 2.69. The summed E-state index contributed by atoms with van der Waals surface area (Å²) in [4.78, 5) is 16.1. The van der Waals surface area contributed by atoms with Crippen LogP contribution in [-0.2, 0) is 4.79 Å². The largest absolute Gasteiger partial charge is 0.497 e. The first-order valence-corrected chi connectivity index (χ1v) is 7.60. The van der Waals surface area contributed by atoms with Gasteiger partial charge in [0.1, 0.15) is 12.0 Å². The van der Waals surface area contributed by atoms with Gasteiger partial charge in [0.25, 0.3) is 0 Å². The van der Waals surface area contributed by atoms with Crippen LogP contribution in [0.25, 0.3) is 21.3 Å². The van der Waals surface area contributed by atoms with Gasteiger partial charge in [-0.25, -0.2) is 4.98 Å². The van der Waals surface area contributed by atoms with E-state index in [0.29, 0.717) is 0 Å². The molecule has 1 unspecified atom stereocenters. The molecule has 1 atom stereocenters. The Morgan fingerprint density at radius 3 is 3.10 bits per heavy atom. The van der Waals surface area contributed by atoms with Crippen molar-refractivity contribution in [3.8, 4) is 5.75 Å². The summed E-state index contributed by atoms with van der Waals surface area (Å²) in [6, 6.07) is 6.02. The summed E-state index contributed by atoms with van der Waals surface area (Å²) in [5, 5.41) is 0. The van der Waals surface area contributed by atoms with Gasteiger partial charge >= 0.3 is 0 Å². The number of aromatic nitrogens is 2. The van der Waals surface area contributed by atoms with Crippen LogP contribution < -0.4 is 4.74 Å². The summed E-state index contributed by atoms with van der Waals surface area (Å²) < 4.78 is 8.48. The molecule has 3 rings (SSSR count). The lowest BCUT2D eigenvalue weighted by molar-refractivity contribution is -0.110. The molecule has 0 N–H and O–H groups in total. The van der Waals surface area contributed by atoms with Crippen molar-refractivity contribution in [3.05, 3.63) is 36.2 Å². The number of hydrogen-bond acceptors (Lipinski definition) is 4. The molecule has 0 radical (unpaired) electrons. The highest BCUT2D eigenvalue weighted by Crippen LogP contribution is 2.29. The summed E-state index contributed by atoms with van der Waals surface area (Å²) in [7, 11) is 1.67. The van der Waals surface area contributed by atoms with E-state index in [4.69, 9.17) is 4.74 Å². The van der Waals surface area contributed by atoms with Crippen molar-refractivity contribution in [2.45, 2.75) is 13.3 Å². The van der Waals surface area contributed by atoms with Crippen LogP contribution in [0.3, 0.4) is 0 Å². The maximum absolute atomic E-state index is 10.6. The van der Waals surface area contributed by atoms with Gasteiger partial charge in [0, 0.05) is 12.1 Å². The van der Waals surface area contributed by atoms with Crippen molar-refractivity contribution in [2.24, 2.45) is 5.92 Å². The molecule has 0 aliphatic heterocycles. The molecule has 0 aliphatic carbocycles. The topological polar surface area (TPSA) is 43.6 Å². The molecule has 2 heterocycles. The number of imidazole rings is 1. The van der Waals surface area contributed by atoms with Gasteiger partial charge in [-0.1, -0.05) is 24.3 Å². The van der Waals surface area contributed by atoms with Crippen molar-refractivity contribution in [1.82, 2.24) is 9.38 Å². The number of allylic oxidation sites excluding steroid dienone is 1. The Bertz CT molecular complexity index is 816. The zero-order valence-electron chi connectivity index (χ0n) is 11.9. The summed E-state index contributed by atoms with van der Waals surface area (Å²) >= 11 is 1.64. The predicted molar refractivity (Wildman–Crippen MR) is 86.0 cm³/mol. The normalized spacial score (nSPS) is 13.2. The minimum atomic E-state index is 0.0540. The second-order valence-corrected chi connectivity index (χ2v) is 6.01. The molecule has 4 nitrogen and oxygen atoms in total. The molecular weight excluding hydrogens is 284 g/mol. The van der Waals surface area contributed by atoms with E-state index in [1.807, 2.05) is 43.5 Å². The Labute approximate surface area is 126 Å². The maximum atomic E-state index is 10.6. The fraction of sp³-hybridized carbons (Fsp3) is 0.250. The van der Waals surface area contributed by atoms with Crippen LogP contribution >= 0.6 is 11.3 Å². The second-order valence-electron chi connectivity index (χ2n) is 5.01. The number of fused-ring (bicyclic) bond motifs is 3. The fourth-order valence-electron chi connectivity index (χ4n) is 2.17. The molecule has 1 aromatic carbocycles. The van der Waals surface area contributed by atoms with E-state index in [1.165, 1.54) is 0 Å². The number of hydrogen-bond donors (Lipinski definition) is 0. The van der Waals surface area contributed by atoms with Gasteiger partial charge in [-0.15, -0.1) is 0 Å². The number of benzene rings is 1. The van der Waals surface area contributed by atoms with Gasteiger partial charge in [-0.3, -0.25) is 4.40 Å². The van der Waals surface area contributed by atoms with Gasteiger partial charge in [0.15, 0.2) is 4.96 Å². The van der Waals surface area contributed by atoms with E-state index < -0.39 is 0 Å².